The fourth-order valence-corrected chi connectivity index (χ4v) is 4.12. The minimum absolute atomic E-state index is 0.0758. The molecule has 2 aliphatic rings. The zero-order valence-corrected chi connectivity index (χ0v) is 15.9. The van der Waals surface area contributed by atoms with Gasteiger partial charge in [0.15, 0.2) is 5.70 Å². The summed E-state index contributed by atoms with van der Waals surface area (Å²) in [6, 6.07) is 11.6. The molecule has 0 spiro atoms. The summed E-state index contributed by atoms with van der Waals surface area (Å²) in [7, 11) is 0. The number of allylic oxidation sites excluding steroid dienone is 1. The number of nitrogens with zero attached hydrogens (tertiary/aromatic N) is 3. The average Bonchev–Trinajstić information content (AvgIpc) is 3.48. The van der Waals surface area contributed by atoms with Crippen molar-refractivity contribution in [2.75, 3.05) is 0 Å². The highest BCUT2D eigenvalue weighted by Crippen LogP contribution is 2.34. The molecular weight excluding hydrogens is 393 g/mol. The summed E-state index contributed by atoms with van der Waals surface area (Å²) in [4.78, 5) is 8.73. The van der Waals surface area contributed by atoms with E-state index in [-0.39, 0.29) is 5.70 Å². The van der Waals surface area contributed by atoms with Gasteiger partial charge in [0.25, 0.3) is 0 Å². The molecule has 6 nitrogen and oxygen atoms in total. The number of hydrogen-bond donors (Lipinski definition) is 3. The van der Waals surface area contributed by atoms with Crippen LogP contribution in [-0.4, -0.2) is 20.7 Å². The summed E-state index contributed by atoms with van der Waals surface area (Å²) in [6.07, 6.45) is 2.80. The van der Waals surface area contributed by atoms with Crippen molar-refractivity contribution in [3.05, 3.63) is 77.5 Å². The molecule has 9 heteroatoms. The molecule has 1 aromatic carbocycles. The van der Waals surface area contributed by atoms with Gasteiger partial charge < -0.3 is 9.99 Å². The largest absolute Gasteiger partial charge is 0.434 e. The fraction of sp³-hybridized carbons (Fsp3) is 0.238. The Morgan fingerprint density at radius 3 is 2.80 bits per heavy atom. The highest BCUT2D eigenvalue weighted by atomic mass is 19.4. The molecule has 30 heavy (non-hydrogen) atoms. The summed E-state index contributed by atoms with van der Waals surface area (Å²) in [6.45, 7) is 0.808. The number of nitrogens with one attached hydrogen (secondary N) is 3. The van der Waals surface area contributed by atoms with Gasteiger partial charge in [-0.25, -0.2) is 4.98 Å². The molecule has 1 aliphatic heterocycles. The van der Waals surface area contributed by atoms with Gasteiger partial charge in [-0.05, 0) is 36.1 Å². The molecule has 3 aromatic rings. The molecule has 0 saturated carbocycles. The van der Waals surface area contributed by atoms with Crippen LogP contribution in [0, 0.1) is 0 Å². The Morgan fingerprint density at radius 1 is 1.07 bits per heavy atom. The van der Waals surface area contributed by atoms with Gasteiger partial charge in [-0.15, -0.1) is 5.53 Å². The maximum absolute atomic E-state index is 13.2. The number of alkyl halides is 3. The molecule has 0 saturated heterocycles. The molecule has 1 atom stereocenters. The van der Waals surface area contributed by atoms with Gasteiger partial charge in [-0.2, -0.15) is 13.2 Å². The molecule has 3 heterocycles. The summed E-state index contributed by atoms with van der Waals surface area (Å²) in [5.41, 5.74) is 10.3. The fourth-order valence-electron chi connectivity index (χ4n) is 4.12. The van der Waals surface area contributed by atoms with Crippen LogP contribution in [0.25, 0.3) is 17.1 Å². The van der Waals surface area contributed by atoms with Crippen molar-refractivity contribution in [1.29, 1.82) is 0 Å². The number of hydrazine groups is 2. The first kappa shape index (κ1) is 18.7. The molecule has 5 rings (SSSR count). The second-order valence-corrected chi connectivity index (χ2v) is 7.44. The van der Waals surface area contributed by atoms with E-state index in [4.69, 9.17) is 0 Å². The predicted molar refractivity (Wildman–Crippen MR) is 105 cm³/mol. The first-order valence-corrected chi connectivity index (χ1v) is 9.64. The molecule has 0 bridgehead atoms. The van der Waals surface area contributed by atoms with Crippen LogP contribution in [0.15, 0.2) is 60.8 Å². The number of aromatic nitrogens is 3. The molecule has 3 N–H and O–H groups in total. The number of pyridine rings is 1. The third kappa shape index (κ3) is 3.41. The SMILES string of the molecule is FC(F)(F)C1=C(c2ccnc(-c3cn(C[C@@H]4CCc5ccccc54)cn3)c2)NNN1. The standard InChI is InChI=1S/C21H19F3N6/c22-21(23,24)20-19(27-29-28-20)14-7-8-25-17(9-14)18-11-30(12-26-18)10-15-6-5-13-3-1-2-4-16(13)15/h1-4,7-9,11-12,15,27-29H,5-6,10H2/t15-/m0/s1. The second-order valence-electron chi connectivity index (χ2n) is 7.44. The first-order chi connectivity index (χ1) is 14.5. The van der Waals surface area contributed by atoms with E-state index in [1.807, 2.05) is 10.8 Å². The average molecular weight is 412 g/mol. The molecule has 2 aromatic heterocycles. The Morgan fingerprint density at radius 2 is 1.93 bits per heavy atom. The van der Waals surface area contributed by atoms with Gasteiger partial charge in [0.1, 0.15) is 5.69 Å². The van der Waals surface area contributed by atoms with Crippen molar-refractivity contribution in [1.82, 2.24) is 30.9 Å². The third-order valence-electron chi connectivity index (χ3n) is 5.54. The second kappa shape index (κ2) is 7.17. The topological polar surface area (TPSA) is 66.8 Å². The van der Waals surface area contributed by atoms with Crippen LogP contribution in [0.5, 0.6) is 0 Å². The number of fused-ring (bicyclic) bond motifs is 1. The molecule has 0 radical (unpaired) electrons. The predicted octanol–water partition coefficient (Wildman–Crippen LogP) is 3.52. The Bertz CT molecular complexity index is 1120. The number of halogens is 3. The van der Waals surface area contributed by atoms with E-state index < -0.39 is 11.9 Å². The normalized spacial score (nSPS) is 18.3. The van der Waals surface area contributed by atoms with Gasteiger partial charge in [0.05, 0.1) is 17.7 Å². The van der Waals surface area contributed by atoms with Gasteiger partial charge in [-0.3, -0.25) is 10.4 Å². The van der Waals surface area contributed by atoms with Gasteiger partial charge in [0.2, 0.25) is 0 Å². The Balaban J connectivity index is 1.39. The highest BCUT2D eigenvalue weighted by Gasteiger charge is 2.39. The first-order valence-electron chi connectivity index (χ1n) is 9.64. The van der Waals surface area contributed by atoms with Gasteiger partial charge in [0, 0.05) is 30.4 Å². The summed E-state index contributed by atoms with van der Waals surface area (Å²) in [5.74, 6) is 0.432. The molecule has 0 unspecified atom stereocenters. The van der Waals surface area contributed by atoms with Crippen molar-refractivity contribution >= 4 is 5.70 Å². The van der Waals surface area contributed by atoms with Crippen LogP contribution < -0.4 is 16.4 Å². The van der Waals surface area contributed by atoms with Crippen molar-refractivity contribution in [2.24, 2.45) is 0 Å². The molecular formula is C21H19F3N6. The Labute approximate surface area is 170 Å². The smallest absolute Gasteiger partial charge is 0.336 e. The number of rotatable bonds is 4. The van der Waals surface area contributed by atoms with Crippen LogP contribution >= 0.6 is 0 Å². The van der Waals surface area contributed by atoms with E-state index in [0.717, 1.165) is 19.4 Å². The van der Waals surface area contributed by atoms with E-state index in [1.54, 1.807) is 12.4 Å². The molecule has 1 aliphatic carbocycles. The third-order valence-corrected chi connectivity index (χ3v) is 5.54. The summed E-state index contributed by atoms with van der Waals surface area (Å²) < 4.78 is 41.6. The van der Waals surface area contributed by atoms with Gasteiger partial charge in [-0.1, -0.05) is 24.3 Å². The minimum atomic E-state index is -4.51. The van der Waals surface area contributed by atoms with Gasteiger partial charge >= 0.3 is 6.18 Å². The zero-order chi connectivity index (χ0) is 20.7. The molecule has 154 valence electrons. The maximum atomic E-state index is 13.2. The van der Waals surface area contributed by atoms with Crippen molar-refractivity contribution in [3.63, 3.8) is 0 Å². The van der Waals surface area contributed by atoms with Crippen molar-refractivity contribution in [3.8, 4) is 11.4 Å². The van der Waals surface area contributed by atoms with E-state index in [9.17, 15) is 13.2 Å². The highest BCUT2D eigenvalue weighted by molar-refractivity contribution is 5.71. The molecule has 0 amide bonds. The lowest BCUT2D eigenvalue weighted by Crippen LogP contribution is -2.35. The van der Waals surface area contributed by atoms with E-state index in [2.05, 4.69) is 50.6 Å². The van der Waals surface area contributed by atoms with E-state index in [0.29, 0.717) is 22.9 Å². The summed E-state index contributed by atoms with van der Waals surface area (Å²) >= 11 is 0. The van der Waals surface area contributed by atoms with Crippen molar-refractivity contribution in [2.45, 2.75) is 31.5 Å². The Kier molecular flexibility index (Phi) is 4.47. The van der Waals surface area contributed by atoms with Crippen LogP contribution in [0.2, 0.25) is 0 Å². The van der Waals surface area contributed by atoms with Crippen LogP contribution in [0.1, 0.15) is 29.0 Å². The Hall–Kier alpha value is -3.33. The van der Waals surface area contributed by atoms with E-state index in [1.165, 1.54) is 23.4 Å². The van der Waals surface area contributed by atoms with E-state index >= 15 is 0 Å². The number of hydrogen-bond acceptors (Lipinski definition) is 5. The lowest BCUT2D eigenvalue weighted by Gasteiger charge is -2.12. The number of imidazole rings is 1. The van der Waals surface area contributed by atoms with Crippen LogP contribution in [-0.2, 0) is 13.0 Å². The maximum Gasteiger partial charge on any atom is 0.434 e. The quantitative estimate of drug-likeness (QED) is 0.612. The monoisotopic (exact) mass is 412 g/mol. The number of benzene rings is 1. The van der Waals surface area contributed by atoms with Crippen LogP contribution in [0.3, 0.4) is 0 Å². The minimum Gasteiger partial charge on any atom is -0.336 e. The van der Waals surface area contributed by atoms with Crippen molar-refractivity contribution < 1.29 is 13.2 Å². The molecule has 0 fully saturated rings. The lowest BCUT2D eigenvalue weighted by molar-refractivity contribution is -0.0959. The summed E-state index contributed by atoms with van der Waals surface area (Å²) in [5, 5.41) is 0. The lowest BCUT2D eigenvalue weighted by atomic mass is 10.0. The van der Waals surface area contributed by atoms with Crippen LogP contribution in [0.4, 0.5) is 13.2 Å². The zero-order valence-electron chi connectivity index (χ0n) is 15.9. The number of aryl methyl sites for hydroxylation is 1.